The third kappa shape index (κ3) is 7.18. The average Bonchev–Trinajstić information content (AvgIpc) is 3.38. The van der Waals surface area contributed by atoms with Crippen LogP contribution in [-0.2, 0) is 21.1 Å². The summed E-state index contributed by atoms with van der Waals surface area (Å²) in [4.78, 5) is 32.9. The lowest BCUT2D eigenvalue weighted by Crippen LogP contribution is -2.42. The number of nitrogen functional groups attached to an aromatic ring is 1. The molecular formula is C30H36F2N6O3Si. The molecule has 222 valence electrons. The fourth-order valence-corrected chi connectivity index (χ4v) is 5.38. The number of carbonyl (C=O) groups excluding carboxylic acids is 2. The summed E-state index contributed by atoms with van der Waals surface area (Å²) in [5.41, 5.74) is 8.04. The highest BCUT2D eigenvalue weighted by Crippen LogP contribution is 2.32. The van der Waals surface area contributed by atoms with Crippen LogP contribution in [0.4, 0.5) is 20.3 Å². The van der Waals surface area contributed by atoms with Gasteiger partial charge in [-0.2, -0.15) is 5.10 Å². The summed E-state index contributed by atoms with van der Waals surface area (Å²) >= 11 is 0. The van der Waals surface area contributed by atoms with Gasteiger partial charge in [0, 0.05) is 14.7 Å². The minimum Gasteiger partial charge on any atom is -0.383 e. The van der Waals surface area contributed by atoms with E-state index in [1.807, 2.05) is 0 Å². The highest BCUT2D eigenvalue weighted by atomic mass is 28.3. The normalized spacial score (nSPS) is 13.1. The number of nitrogens with zero attached hydrogens (tertiary/aromatic N) is 4. The molecule has 2 unspecified atom stereocenters. The van der Waals surface area contributed by atoms with Crippen LogP contribution in [-0.4, -0.2) is 46.2 Å². The van der Waals surface area contributed by atoms with Crippen molar-refractivity contribution in [2.45, 2.75) is 58.3 Å². The Labute approximate surface area is 244 Å². The first-order valence-electron chi connectivity index (χ1n) is 13.7. The quantitative estimate of drug-likeness (QED) is 0.134. The van der Waals surface area contributed by atoms with Gasteiger partial charge in [-0.25, -0.2) is 18.4 Å². The molecule has 0 saturated carbocycles. The molecule has 3 N–H and O–H groups in total. The van der Waals surface area contributed by atoms with E-state index in [1.165, 1.54) is 41.6 Å². The van der Waals surface area contributed by atoms with Gasteiger partial charge in [0.1, 0.15) is 24.2 Å². The van der Waals surface area contributed by atoms with Crippen molar-refractivity contribution in [2.24, 2.45) is 0 Å². The number of halogens is 2. The summed E-state index contributed by atoms with van der Waals surface area (Å²) in [5.74, 6) is -2.38. The van der Waals surface area contributed by atoms with E-state index in [-0.39, 0.29) is 18.2 Å². The number of nitrogens with two attached hydrogens (primary N) is 1. The number of nitrogens with one attached hydrogen (secondary N) is 1. The topological polar surface area (TPSA) is 115 Å². The van der Waals surface area contributed by atoms with Crippen LogP contribution in [0.5, 0.6) is 0 Å². The van der Waals surface area contributed by atoms with E-state index in [1.54, 1.807) is 42.8 Å². The van der Waals surface area contributed by atoms with Crippen molar-refractivity contribution in [3.63, 3.8) is 0 Å². The van der Waals surface area contributed by atoms with E-state index in [9.17, 15) is 18.4 Å². The molecule has 0 aliphatic carbocycles. The number of anilines is 2. The van der Waals surface area contributed by atoms with Crippen molar-refractivity contribution >= 4 is 42.3 Å². The van der Waals surface area contributed by atoms with Crippen LogP contribution < -0.4 is 11.1 Å². The standard InChI is InChI=1S/C30H36F2N6O3Si/c1-19(21-6-10-23(31)11-7-21)38(20(2)22-8-12-24(32)13-9-22)30(40)29(39)36-26-17-34-28(33)25-16-35-37(27(25)26)18-41-14-15-42(3,4)5/h6-13,16-17,19-20H,14-15,18H2,1-5H3,(H2,33,34)(H,36,39). The van der Waals surface area contributed by atoms with Gasteiger partial charge < -0.3 is 20.7 Å². The van der Waals surface area contributed by atoms with Gasteiger partial charge in [0.2, 0.25) is 0 Å². The van der Waals surface area contributed by atoms with Gasteiger partial charge in [0.15, 0.2) is 0 Å². The maximum Gasteiger partial charge on any atom is 0.314 e. The molecule has 0 fully saturated rings. The molecule has 12 heteroatoms. The summed E-state index contributed by atoms with van der Waals surface area (Å²) in [6.45, 7) is 11.0. The third-order valence-electron chi connectivity index (χ3n) is 7.13. The van der Waals surface area contributed by atoms with Crippen LogP contribution >= 0.6 is 0 Å². The van der Waals surface area contributed by atoms with Crippen molar-refractivity contribution < 1.29 is 23.1 Å². The molecule has 4 aromatic rings. The van der Waals surface area contributed by atoms with Crippen molar-refractivity contribution in [3.8, 4) is 0 Å². The molecule has 2 atom stereocenters. The highest BCUT2D eigenvalue weighted by Gasteiger charge is 2.32. The van der Waals surface area contributed by atoms with E-state index in [0.717, 1.165) is 6.04 Å². The van der Waals surface area contributed by atoms with E-state index in [0.29, 0.717) is 28.6 Å². The fourth-order valence-electron chi connectivity index (χ4n) is 4.62. The Kier molecular flexibility index (Phi) is 9.37. The van der Waals surface area contributed by atoms with Crippen LogP contribution in [0, 0.1) is 11.6 Å². The van der Waals surface area contributed by atoms with Gasteiger partial charge in [-0.3, -0.25) is 9.59 Å². The first-order chi connectivity index (χ1) is 19.9. The number of carbonyl (C=O) groups is 2. The van der Waals surface area contributed by atoms with Gasteiger partial charge in [0.25, 0.3) is 0 Å². The molecule has 4 rings (SSSR count). The van der Waals surface area contributed by atoms with Gasteiger partial charge >= 0.3 is 11.8 Å². The zero-order valence-electron chi connectivity index (χ0n) is 24.4. The fraction of sp³-hybridized carbons (Fsp3) is 0.333. The molecular weight excluding hydrogens is 558 g/mol. The predicted molar refractivity (Wildman–Crippen MR) is 161 cm³/mol. The zero-order chi connectivity index (χ0) is 30.6. The SMILES string of the molecule is CC(c1ccc(F)cc1)N(C(=O)C(=O)Nc1cnc(N)c2cnn(COCC[Si](C)(C)C)c12)C(C)c1ccc(F)cc1. The molecule has 2 aromatic carbocycles. The second-order valence-corrected chi connectivity index (χ2v) is 17.1. The van der Waals surface area contributed by atoms with Crippen LogP contribution in [0.1, 0.15) is 37.1 Å². The Bertz CT molecular complexity index is 1500. The molecule has 9 nitrogen and oxygen atoms in total. The minimum atomic E-state index is -1.29. The minimum absolute atomic E-state index is 0.129. The average molecular weight is 595 g/mol. The summed E-state index contributed by atoms with van der Waals surface area (Å²) in [7, 11) is -1.29. The van der Waals surface area contributed by atoms with Crippen molar-refractivity contribution in [3.05, 3.63) is 83.7 Å². The van der Waals surface area contributed by atoms with E-state index in [2.05, 4.69) is 35.0 Å². The number of hydrogen-bond donors (Lipinski definition) is 2. The Morgan fingerprint density at radius 1 is 0.976 bits per heavy atom. The molecule has 0 aliphatic heterocycles. The number of amides is 2. The van der Waals surface area contributed by atoms with Gasteiger partial charge in [-0.1, -0.05) is 43.9 Å². The highest BCUT2D eigenvalue weighted by molar-refractivity contribution is 6.76. The maximum absolute atomic E-state index is 13.8. The van der Waals surface area contributed by atoms with Crippen LogP contribution in [0.25, 0.3) is 10.9 Å². The molecule has 0 radical (unpaired) electrons. The summed E-state index contributed by atoms with van der Waals surface area (Å²) in [5, 5.41) is 7.55. The van der Waals surface area contributed by atoms with Crippen molar-refractivity contribution in [1.29, 1.82) is 0 Å². The Morgan fingerprint density at radius 2 is 1.52 bits per heavy atom. The van der Waals surface area contributed by atoms with E-state index < -0.39 is 43.6 Å². The number of rotatable bonds is 10. The van der Waals surface area contributed by atoms with Crippen LogP contribution in [0.3, 0.4) is 0 Å². The molecule has 0 aliphatic rings. The summed E-state index contributed by atoms with van der Waals surface area (Å²) in [6.07, 6.45) is 2.91. The van der Waals surface area contributed by atoms with Crippen LogP contribution in [0.15, 0.2) is 60.9 Å². The molecule has 0 bridgehead atoms. The molecule has 2 heterocycles. The molecule has 42 heavy (non-hydrogen) atoms. The monoisotopic (exact) mass is 594 g/mol. The second-order valence-electron chi connectivity index (χ2n) is 11.4. The lowest BCUT2D eigenvalue weighted by Gasteiger charge is -2.35. The van der Waals surface area contributed by atoms with Crippen LogP contribution in [0.2, 0.25) is 25.7 Å². The van der Waals surface area contributed by atoms with E-state index >= 15 is 0 Å². The predicted octanol–water partition coefficient (Wildman–Crippen LogP) is 5.89. The molecule has 2 aromatic heterocycles. The number of ether oxygens (including phenoxy) is 1. The maximum atomic E-state index is 13.8. The number of aromatic nitrogens is 3. The number of fused-ring (bicyclic) bond motifs is 1. The van der Waals surface area contributed by atoms with Crippen molar-refractivity contribution in [1.82, 2.24) is 19.7 Å². The third-order valence-corrected chi connectivity index (χ3v) is 8.83. The summed E-state index contributed by atoms with van der Waals surface area (Å²) in [6, 6.07) is 11.1. The molecule has 0 saturated heterocycles. The second kappa shape index (κ2) is 12.8. The summed E-state index contributed by atoms with van der Waals surface area (Å²) < 4.78 is 34.7. The molecule has 2 amide bonds. The lowest BCUT2D eigenvalue weighted by molar-refractivity contribution is -0.146. The Balaban J connectivity index is 1.63. The Morgan fingerprint density at radius 3 is 2.05 bits per heavy atom. The molecule has 0 spiro atoms. The van der Waals surface area contributed by atoms with Gasteiger partial charge in [-0.15, -0.1) is 0 Å². The first kappa shape index (κ1) is 30.8. The van der Waals surface area contributed by atoms with E-state index in [4.69, 9.17) is 10.5 Å². The Hall–Kier alpha value is -4.16. The zero-order valence-corrected chi connectivity index (χ0v) is 25.4. The lowest BCUT2D eigenvalue weighted by atomic mass is 10.0. The number of benzene rings is 2. The van der Waals surface area contributed by atoms with Gasteiger partial charge in [-0.05, 0) is 55.3 Å². The smallest absolute Gasteiger partial charge is 0.314 e. The number of pyridine rings is 1. The van der Waals surface area contributed by atoms with Gasteiger partial charge in [0.05, 0.1) is 41.1 Å². The van der Waals surface area contributed by atoms with Crippen molar-refractivity contribution in [2.75, 3.05) is 17.7 Å². The first-order valence-corrected chi connectivity index (χ1v) is 17.4. The largest absolute Gasteiger partial charge is 0.383 e. The number of hydrogen-bond acceptors (Lipinski definition) is 6.